The maximum atomic E-state index is 13.8. The van der Waals surface area contributed by atoms with Crippen LogP contribution in [-0.4, -0.2) is 394 Å². The van der Waals surface area contributed by atoms with Crippen LogP contribution in [0.2, 0.25) is 0 Å². The van der Waals surface area contributed by atoms with Gasteiger partial charge in [-0.05, 0) is 12.8 Å². The van der Waals surface area contributed by atoms with Crippen LogP contribution in [0.3, 0.4) is 0 Å². The number of rotatable bonds is 59. The number of carbonyl (C=O) groups excluding carboxylic acids is 8. The summed E-state index contributed by atoms with van der Waals surface area (Å²) in [7, 11) is -3.54. The Bertz CT molecular complexity index is 2540. The third kappa shape index (κ3) is 40.1. The minimum Gasteiger partial charge on any atom is -0.394 e. The van der Waals surface area contributed by atoms with E-state index in [-0.39, 0.29) is 158 Å². The Morgan fingerprint density at radius 2 is 0.642 bits per heavy atom. The van der Waals surface area contributed by atoms with E-state index in [1.165, 1.54) is 20.8 Å². The van der Waals surface area contributed by atoms with E-state index in [2.05, 4.69) is 42.5 Å². The van der Waals surface area contributed by atoms with Crippen molar-refractivity contribution in [2.75, 3.05) is 191 Å². The van der Waals surface area contributed by atoms with E-state index < -0.39 is 185 Å². The third-order valence-electron chi connectivity index (χ3n) is 15.5. The molecule has 0 radical (unpaired) electrons. The van der Waals surface area contributed by atoms with Crippen LogP contribution in [-0.2, 0) is 118 Å². The molecule has 43 nitrogen and oxygen atoms in total. The Morgan fingerprint density at radius 1 is 0.368 bits per heavy atom. The summed E-state index contributed by atoms with van der Waals surface area (Å²) < 4.78 is 98.7. The van der Waals surface area contributed by atoms with Crippen LogP contribution in [0, 0.1) is 0 Å². The van der Waals surface area contributed by atoms with Crippen LogP contribution in [0.1, 0.15) is 52.9 Å². The zero-order chi connectivity index (χ0) is 78.2. The molecule has 3 aliphatic rings. The summed E-state index contributed by atoms with van der Waals surface area (Å²) in [5.74, 6) is -5.14. The average Bonchev–Trinajstić information content (AvgIpc) is 0.820. The third-order valence-corrected chi connectivity index (χ3v) is 16.1. The SMILES string of the molecule is CC(=O)NC1C(OCCOCCNC(=O)CCC(NC(=O)CCC(NC(=O)CCOCCOCCOCCOCCOCCOCCOP(C)(=O)O)C(=O)NCCOCCOC2OC(CO)C(O)C(O)C2NC(C)=O)C(=O)NCCOCCOC2OC(CO)C(O)C(O)C2NC(C)=O)OC(CO)C(O)C1O. The fourth-order valence-corrected chi connectivity index (χ4v) is 10.6. The molecule has 18 atom stereocenters. The molecule has 3 fully saturated rings. The van der Waals surface area contributed by atoms with E-state index >= 15 is 0 Å². The minimum absolute atomic E-state index is 0.0114. The van der Waals surface area contributed by atoms with Crippen molar-refractivity contribution in [1.82, 2.24) is 42.5 Å². The van der Waals surface area contributed by atoms with Gasteiger partial charge in [-0.25, -0.2) is 0 Å². The van der Waals surface area contributed by atoms with Gasteiger partial charge < -0.3 is 169 Å². The van der Waals surface area contributed by atoms with Gasteiger partial charge in [0.25, 0.3) is 0 Å². The van der Waals surface area contributed by atoms with Gasteiger partial charge in [0, 0.05) is 66.3 Å². The first-order valence-corrected chi connectivity index (χ1v) is 36.8. The molecule has 0 aromatic heterocycles. The highest BCUT2D eigenvalue weighted by atomic mass is 31.2. The molecule has 0 aromatic carbocycles. The summed E-state index contributed by atoms with van der Waals surface area (Å²) in [5, 5.41) is 112. The highest BCUT2D eigenvalue weighted by molar-refractivity contribution is 7.51. The maximum Gasteiger partial charge on any atom is 0.325 e. The molecule has 18 unspecified atom stereocenters. The van der Waals surface area contributed by atoms with Gasteiger partial charge in [-0.1, -0.05) is 0 Å². The first kappa shape index (κ1) is 95.2. The number of hydrogen-bond donors (Lipinski definition) is 18. The molecule has 0 spiro atoms. The number of carbonyl (C=O) groups is 8. The van der Waals surface area contributed by atoms with Crippen molar-refractivity contribution >= 4 is 54.9 Å². The molecular weight excluding hydrogens is 1450 g/mol. The van der Waals surface area contributed by atoms with Crippen LogP contribution in [0.4, 0.5) is 0 Å². The quantitative estimate of drug-likeness (QED) is 0.0199. The van der Waals surface area contributed by atoms with E-state index in [0.717, 1.165) is 6.66 Å². The smallest absolute Gasteiger partial charge is 0.325 e. The number of aliphatic hydroxyl groups is 9. The monoisotopic (exact) mass is 1560 g/mol. The van der Waals surface area contributed by atoms with Crippen molar-refractivity contribution in [3.8, 4) is 0 Å². The zero-order valence-corrected chi connectivity index (χ0v) is 61.2. The molecule has 3 aliphatic heterocycles. The van der Waals surface area contributed by atoms with Gasteiger partial charge in [0.1, 0.15) is 85.1 Å². The molecule has 18 N–H and O–H groups in total. The lowest BCUT2D eigenvalue weighted by atomic mass is 9.97. The van der Waals surface area contributed by atoms with Gasteiger partial charge in [0.05, 0.1) is 165 Å². The van der Waals surface area contributed by atoms with Crippen LogP contribution in [0.15, 0.2) is 0 Å². The van der Waals surface area contributed by atoms with Gasteiger partial charge in [0.2, 0.25) is 47.3 Å². The average molecular weight is 1560 g/mol. The standard InChI is InChI=1S/C62H113N8O35P/c1-38(74)66-49-55(83)52(80)43(35-71)103-60(49)99-31-27-91-14-10-63-46(77)7-5-41(58(86)64-11-15-92-28-32-100-61-50(67-39(2)75)56(84)53(81)44(36-72)104-61)69-47(78)8-6-42(59(87)65-12-16-93-29-33-101-62-51(68-40(3)76)57(85)54(82)45(37-73)105-62)70-48(79)9-13-90-17-18-94-19-20-95-21-22-96-23-24-97-25-26-98-30-34-102-106(4,88)89/h41-45,49-57,60-62,71-73,80-85H,5-37H2,1-4H3,(H,63,77)(H,64,86)(H,65,87)(H,66,74)(H,67,75)(H,68,76)(H,69,78)(H,70,79)(H,88,89). The number of hydrogen-bond acceptors (Lipinski definition) is 34. The summed E-state index contributed by atoms with van der Waals surface area (Å²) in [6.45, 7) is 3.82. The van der Waals surface area contributed by atoms with Crippen molar-refractivity contribution in [2.45, 2.75) is 157 Å². The molecule has 3 heterocycles. The van der Waals surface area contributed by atoms with Gasteiger partial charge in [-0.2, -0.15) is 0 Å². The summed E-state index contributed by atoms with van der Waals surface area (Å²) in [5.41, 5.74) is 0. The Balaban J connectivity index is 1.58. The predicted molar refractivity (Wildman–Crippen MR) is 359 cm³/mol. The lowest BCUT2D eigenvalue weighted by Crippen LogP contribution is -2.64. The van der Waals surface area contributed by atoms with E-state index in [1.807, 2.05) is 0 Å². The molecule has 616 valence electrons. The fourth-order valence-electron chi connectivity index (χ4n) is 10.2. The number of ether oxygens (including phenoxy) is 15. The van der Waals surface area contributed by atoms with Gasteiger partial charge >= 0.3 is 7.60 Å². The molecular formula is C62H113N8O35P. The van der Waals surface area contributed by atoms with Crippen molar-refractivity contribution in [1.29, 1.82) is 0 Å². The topological polar surface area (TPSA) is 600 Å². The second kappa shape index (κ2) is 55.4. The molecule has 0 aliphatic carbocycles. The van der Waals surface area contributed by atoms with E-state index in [9.17, 15) is 88.9 Å². The van der Waals surface area contributed by atoms with E-state index in [0.29, 0.717) is 33.0 Å². The van der Waals surface area contributed by atoms with Crippen LogP contribution in [0.25, 0.3) is 0 Å². The molecule has 106 heavy (non-hydrogen) atoms. The van der Waals surface area contributed by atoms with E-state index in [1.54, 1.807) is 0 Å². The van der Waals surface area contributed by atoms with Crippen LogP contribution < -0.4 is 42.5 Å². The first-order valence-electron chi connectivity index (χ1n) is 34.8. The minimum atomic E-state index is -3.54. The second-order valence-electron chi connectivity index (χ2n) is 24.1. The second-order valence-corrected chi connectivity index (χ2v) is 25.9. The molecule has 3 rings (SSSR count). The predicted octanol–water partition coefficient (Wildman–Crippen LogP) is -9.88. The fraction of sp³-hybridized carbons (Fsp3) is 0.871. The van der Waals surface area contributed by atoms with Crippen molar-refractivity contribution in [2.24, 2.45) is 0 Å². The maximum absolute atomic E-state index is 13.8. The number of aliphatic hydroxyl groups excluding tert-OH is 9. The highest BCUT2D eigenvalue weighted by Crippen LogP contribution is 2.36. The highest BCUT2D eigenvalue weighted by Gasteiger charge is 2.48. The van der Waals surface area contributed by atoms with Crippen molar-refractivity contribution in [3.05, 3.63) is 0 Å². The summed E-state index contributed by atoms with van der Waals surface area (Å²) in [4.78, 5) is 112. The first-order chi connectivity index (χ1) is 50.7. The van der Waals surface area contributed by atoms with Crippen molar-refractivity contribution < 1.29 is 169 Å². The molecule has 0 aromatic rings. The normalized spacial score (nSPS) is 25.6. The lowest BCUT2D eigenvalue weighted by molar-refractivity contribution is -0.272. The van der Waals surface area contributed by atoms with Gasteiger partial charge in [0.15, 0.2) is 18.9 Å². The molecule has 0 bridgehead atoms. The largest absolute Gasteiger partial charge is 0.394 e. The van der Waals surface area contributed by atoms with E-state index in [4.69, 9.17) is 80.5 Å². The summed E-state index contributed by atoms with van der Waals surface area (Å²) in [6.07, 6.45) is -18.3. The molecule has 3 saturated heterocycles. The van der Waals surface area contributed by atoms with Crippen LogP contribution in [0.5, 0.6) is 0 Å². The molecule has 8 amide bonds. The van der Waals surface area contributed by atoms with Gasteiger partial charge in [-0.15, -0.1) is 0 Å². The molecule has 0 saturated carbocycles. The summed E-state index contributed by atoms with van der Waals surface area (Å²) in [6, 6.07) is -6.30. The number of amides is 8. The number of nitrogens with one attached hydrogen (secondary N) is 8. The Morgan fingerprint density at radius 3 is 0.953 bits per heavy atom. The molecule has 44 heteroatoms. The van der Waals surface area contributed by atoms with Gasteiger partial charge in [-0.3, -0.25) is 42.9 Å². The lowest BCUT2D eigenvalue weighted by Gasteiger charge is -2.42. The van der Waals surface area contributed by atoms with Crippen molar-refractivity contribution in [3.63, 3.8) is 0 Å². The zero-order valence-electron chi connectivity index (χ0n) is 60.3. The van der Waals surface area contributed by atoms with Crippen LogP contribution >= 0.6 is 7.60 Å². The Kier molecular flexibility index (Phi) is 49.7. The Labute approximate surface area is 613 Å². The summed E-state index contributed by atoms with van der Waals surface area (Å²) >= 11 is 0. The Hall–Kier alpha value is -5.05.